The van der Waals surface area contributed by atoms with Gasteiger partial charge >= 0.3 is 6.18 Å². The summed E-state index contributed by atoms with van der Waals surface area (Å²) in [5.41, 5.74) is -1.35. The van der Waals surface area contributed by atoms with E-state index >= 15 is 0 Å². The number of nitrogens with zero attached hydrogens (tertiary/aromatic N) is 1. The lowest BCUT2D eigenvalue weighted by Crippen LogP contribution is -2.45. The largest absolute Gasteiger partial charge is 0.419 e. The van der Waals surface area contributed by atoms with Gasteiger partial charge in [-0.15, -0.1) is 0 Å². The van der Waals surface area contributed by atoms with Crippen LogP contribution in [0.5, 0.6) is 0 Å². The van der Waals surface area contributed by atoms with Crippen LogP contribution in [-0.2, 0) is 6.18 Å². The van der Waals surface area contributed by atoms with Crippen molar-refractivity contribution in [1.29, 1.82) is 0 Å². The molecule has 1 N–H and O–H groups in total. The first-order chi connectivity index (χ1) is 10.3. The van der Waals surface area contributed by atoms with E-state index in [-0.39, 0.29) is 5.56 Å². The summed E-state index contributed by atoms with van der Waals surface area (Å²) in [6.45, 7) is 2.06. The van der Waals surface area contributed by atoms with E-state index in [1.807, 2.05) is 0 Å². The summed E-state index contributed by atoms with van der Waals surface area (Å²) >= 11 is 0. The number of alkyl halides is 5. The second kappa shape index (κ2) is 6.87. The molecule has 1 atom stereocenters. The van der Waals surface area contributed by atoms with Crippen LogP contribution in [0.1, 0.15) is 23.6 Å². The SMILES string of the molecule is Fc1ccc([C@H](CC(F)F)N2CCNCC2)cc1C(F)(F)F. The van der Waals surface area contributed by atoms with Gasteiger partial charge in [-0.25, -0.2) is 13.2 Å². The minimum atomic E-state index is -4.85. The van der Waals surface area contributed by atoms with Crippen molar-refractivity contribution in [3.05, 3.63) is 35.1 Å². The van der Waals surface area contributed by atoms with Crippen LogP contribution >= 0.6 is 0 Å². The van der Waals surface area contributed by atoms with Gasteiger partial charge in [0.25, 0.3) is 0 Å². The van der Waals surface area contributed by atoms with E-state index in [4.69, 9.17) is 0 Å². The van der Waals surface area contributed by atoms with Gasteiger partial charge in [0.05, 0.1) is 5.56 Å². The Morgan fingerprint density at radius 2 is 1.77 bits per heavy atom. The van der Waals surface area contributed by atoms with Gasteiger partial charge in [-0.1, -0.05) is 6.07 Å². The first-order valence-corrected chi connectivity index (χ1v) is 6.88. The molecule has 0 saturated carbocycles. The molecule has 0 bridgehead atoms. The van der Waals surface area contributed by atoms with E-state index in [2.05, 4.69) is 5.32 Å². The van der Waals surface area contributed by atoms with Gasteiger partial charge in [-0.2, -0.15) is 13.2 Å². The Bertz CT molecular complexity index is 497. The third kappa shape index (κ3) is 4.13. The Kier molecular flexibility index (Phi) is 5.33. The molecule has 2 nitrogen and oxygen atoms in total. The van der Waals surface area contributed by atoms with E-state index in [9.17, 15) is 26.3 Å². The number of hydrogen-bond acceptors (Lipinski definition) is 2. The molecule has 0 aliphatic carbocycles. The summed E-state index contributed by atoms with van der Waals surface area (Å²) in [4.78, 5) is 1.70. The number of rotatable bonds is 4. The normalized spacial score (nSPS) is 18.7. The smallest absolute Gasteiger partial charge is 0.314 e. The van der Waals surface area contributed by atoms with Crippen molar-refractivity contribution in [2.24, 2.45) is 0 Å². The van der Waals surface area contributed by atoms with Crippen molar-refractivity contribution in [3.63, 3.8) is 0 Å². The molecule has 124 valence electrons. The fraction of sp³-hybridized carbons (Fsp3) is 0.571. The van der Waals surface area contributed by atoms with E-state index < -0.39 is 36.4 Å². The lowest BCUT2D eigenvalue weighted by molar-refractivity contribution is -0.140. The maximum absolute atomic E-state index is 13.3. The number of nitrogens with one attached hydrogen (secondary N) is 1. The van der Waals surface area contributed by atoms with Crippen LogP contribution in [0.25, 0.3) is 0 Å². The molecule has 1 fully saturated rings. The van der Waals surface area contributed by atoms with E-state index in [0.717, 1.165) is 6.07 Å². The van der Waals surface area contributed by atoms with Gasteiger partial charge in [-0.05, 0) is 17.7 Å². The highest BCUT2D eigenvalue weighted by atomic mass is 19.4. The molecule has 1 aromatic rings. The van der Waals surface area contributed by atoms with Crippen LogP contribution in [0.2, 0.25) is 0 Å². The first kappa shape index (κ1) is 17.1. The molecule has 22 heavy (non-hydrogen) atoms. The van der Waals surface area contributed by atoms with E-state index in [1.54, 1.807) is 4.90 Å². The van der Waals surface area contributed by atoms with Crippen LogP contribution in [0.4, 0.5) is 26.3 Å². The minimum absolute atomic E-state index is 0.0657. The summed E-state index contributed by atoms with van der Waals surface area (Å²) in [6, 6.07) is 1.63. The number of piperazine rings is 1. The fourth-order valence-corrected chi connectivity index (χ4v) is 2.63. The predicted molar refractivity (Wildman–Crippen MR) is 69.2 cm³/mol. The molecular formula is C14H16F6N2. The Hall–Kier alpha value is -1.28. The number of benzene rings is 1. The predicted octanol–water partition coefficient (Wildman–Crippen LogP) is 3.45. The Labute approximate surface area is 124 Å². The van der Waals surface area contributed by atoms with E-state index in [0.29, 0.717) is 38.3 Å². The third-order valence-electron chi connectivity index (χ3n) is 3.67. The molecule has 0 radical (unpaired) electrons. The van der Waals surface area contributed by atoms with E-state index in [1.165, 1.54) is 0 Å². The lowest BCUT2D eigenvalue weighted by Gasteiger charge is -2.35. The van der Waals surface area contributed by atoms with Gasteiger partial charge < -0.3 is 5.32 Å². The van der Waals surface area contributed by atoms with Crippen LogP contribution in [0.15, 0.2) is 18.2 Å². The average molecular weight is 326 g/mol. The summed E-state index contributed by atoms with van der Waals surface area (Å²) in [6.07, 6.45) is -8.08. The molecule has 0 aromatic heterocycles. The highest BCUT2D eigenvalue weighted by molar-refractivity contribution is 5.29. The van der Waals surface area contributed by atoms with Crippen molar-refractivity contribution in [1.82, 2.24) is 10.2 Å². The summed E-state index contributed by atoms with van der Waals surface area (Å²) < 4.78 is 77.3. The highest BCUT2D eigenvalue weighted by Gasteiger charge is 2.35. The number of halogens is 6. The molecule has 1 saturated heterocycles. The van der Waals surface area contributed by atoms with Gasteiger partial charge in [0.15, 0.2) is 0 Å². The monoisotopic (exact) mass is 326 g/mol. The van der Waals surface area contributed by atoms with Crippen molar-refractivity contribution in [2.75, 3.05) is 26.2 Å². The molecule has 8 heteroatoms. The zero-order valence-corrected chi connectivity index (χ0v) is 11.6. The molecule has 1 aliphatic heterocycles. The highest BCUT2D eigenvalue weighted by Crippen LogP contribution is 2.35. The van der Waals surface area contributed by atoms with Gasteiger partial charge in [0, 0.05) is 38.6 Å². The first-order valence-electron chi connectivity index (χ1n) is 6.88. The number of hydrogen-bond donors (Lipinski definition) is 1. The quantitative estimate of drug-likeness (QED) is 0.853. The summed E-state index contributed by atoms with van der Waals surface area (Å²) in [5, 5.41) is 3.05. The maximum atomic E-state index is 13.3. The third-order valence-corrected chi connectivity index (χ3v) is 3.67. The Balaban J connectivity index is 2.34. The Morgan fingerprint density at radius 3 is 2.32 bits per heavy atom. The van der Waals surface area contributed by atoms with Crippen molar-refractivity contribution in [3.8, 4) is 0 Å². The zero-order valence-electron chi connectivity index (χ0n) is 11.6. The van der Waals surface area contributed by atoms with Crippen LogP contribution in [-0.4, -0.2) is 37.5 Å². The molecule has 0 amide bonds. The summed E-state index contributed by atoms with van der Waals surface area (Å²) in [5.74, 6) is -1.40. The fourth-order valence-electron chi connectivity index (χ4n) is 2.63. The van der Waals surface area contributed by atoms with Crippen molar-refractivity contribution in [2.45, 2.75) is 25.1 Å². The van der Waals surface area contributed by atoms with Crippen molar-refractivity contribution < 1.29 is 26.3 Å². The second-order valence-corrected chi connectivity index (χ2v) is 5.17. The minimum Gasteiger partial charge on any atom is -0.314 e. The van der Waals surface area contributed by atoms with Gasteiger partial charge in [0.1, 0.15) is 5.82 Å². The van der Waals surface area contributed by atoms with Crippen LogP contribution in [0, 0.1) is 5.82 Å². The second-order valence-electron chi connectivity index (χ2n) is 5.17. The van der Waals surface area contributed by atoms with Gasteiger partial charge in [0.2, 0.25) is 6.43 Å². The van der Waals surface area contributed by atoms with Crippen molar-refractivity contribution >= 4 is 0 Å². The topological polar surface area (TPSA) is 15.3 Å². The molecule has 1 aromatic carbocycles. The zero-order chi connectivity index (χ0) is 16.3. The average Bonchev–Trinajstić information content (AvgIpc) is 2.45. The molecule has 0 unspecified atom stereocenters. The van der Waals surface area contributed by atoms with Gasteiger partial charge in [-0.3, -0.25) is 4.90 Å². The summed E-state index contributed by atoms with van der Waals surface area (Å²) in [7, 11) is 0. The lowest BCUT2D eigenvalue weighted by atomic mass is 9.98. The van der Waals surface area contributed by atoms with Crippen LogP contribution in [0.3, 0.4) is 0 Å². The maximum Gasteiger partial charge on any atom is 0.419 e. The molecule has 1 aliphatic rings. The van der Waals surface area contributed by atoms with Crippen LogP contribution < -0.4 is 5.32 Å². The standard InChI is InChI=1S/C14H16F6N2/c15-11-2-1-9(7-10(11)14(18,19)20)12(8-13(16)17)22-5-3-21-4-6-22/h1-2,7,12-13,21H,3-6,8H2/t12-/m0/s1. The Morgan fingerprint density at radius 1 is 1.14 bits per heavy atom. The molecular weight excluding hydrogens is 310 g/mol. The molecule has 1 heterocycles. The molecule has 2 rings (SSSR count). The molecule has 0 spiro atoms.